The predicted octanol–water partition coefficient (Wildman–Crippen LogP) is 4.10. The third-order valence-electron chi connectivity index (χ3n) is 5.56. The fourth-order valence-electron chi connectivity index (χ4n) is 3.66. The molecule has 1 N–H and O–H groups in total. The summed E-state index contributed by atoms with van der Waals surface area (Å²) in [5.41, 5.74) is 1.16. The summed E-state index contributed by atoms with van der Waals surface area (Å²) in [6, 6.07) is 7.00. The Morgan fingerprint density at radius 1 is 1.28 bits per heavy atom. The van der Waals surface area contributed by atoms with E-state index in [1.807, 2.05) is 4.90 Å². The summed E-state index contributed by atoms with van der Waals surface area (Å²) in [6.45, 7) is 4.20. The largest absolute Gasteiger partial charge is 0.489 e. The number of amides is 1. The van der Waals surface area contributed by atoms with E-state index in [0.717, 1.165) is 19.3 Å². The Bertz CT molecular complexity index is 895. The zero-order chi connectivity index (χ0) is 23.1. The van der Waals surface area contributed by atoms with Crippen LogP contribution in [0.2, 0.25) is 0 Å². The van der Waals surface area contributed by atoms with Crippen LogP contribution < -0.4 is 15.0 Å². The standard InChI is InChI=1S/C23H29F3N4O2/c1-3-4-5-19-21(26)22(29-14-28-19)30-11-10-18(13-30)32-17-8-6-16(7-9-17)15(2)23(31)27-12-20(24)25/h6-9,14-15,18,20H,3-5,10-13H2,1-2H3,(H,27,31)/t15?,18-/m1/s1. The first-order valence-electron chi connectivity index (χ1n) is 11.0. The molecule has 2 atom stereocenters. The van der Waals surface area contributed by atoms with Gasteiger partial charge in [0.1, 0.15) is 18.2 Å². The van der Waals surface area contributed by atoms with Gasteiger partial charge in [0, 0.05) is 13.0 Å². The number of anilines is 1. The molecule has 1 fully saturated rings. The molecular weight excluding hydrogens is 421 g/mol. The molecule has 3 rings (SSSR count). The minimum Gasteiger partial charge on any atom is -0.489 e. The average Bonchev–Trinajstić information content (AvgIpc) is 3.25. The lowest BCUT2D eigenvalue weighted by Gasteiger charge is -2.19. The molecule has 1 saturated heterocycles. The van der Waals surface area contributed by atoms with Crippen LogP contribution in [0.4, 0.5) is 19.0 Å². The van der Waals surface area contributed by atoms with Gasteiger partial charge >= 0.3 is 0 Å². The van der Waals surface area contributed by atoms with Crippen LogP contribution in [0.3, 0.4) is 0 Å². The molecule has 1 unspecified atom stereocenters. The van der Waals surface area contributed by atoms with E-state index >= 15 is 0 Å². The number of ether oxygens (including phenoxy) is 1. The zero-order valence-electron chi connectivity index (χ0n) is 18.4. The van der Waals surface area contributed by atoms with E-state index in [1.165, 1.54) is 6.33 Å². The smallest absolute Gasteiger partial charge is 0.255 e. The summed E-state index contributed by atoms with van der Waals surface area (Å²) < 4.78 is 45.4. The molecule has 0 saturated carbocycles. The molecule has 2 aromatic rings. The predicted molar refractivity (Wildman–Crippen MR) is 116 cm³/mol. The molecule has 32 heavy (non-hydrogen) atoms. The van der Waals surface area contributed by atoms with Crippen molar-refractivity contribution in [3.63, 3.8) is 0 Å². The number of unbranched alkanes of at least 4 members (excludes halogenated alkanes) is 1. The van der Waals surface area contributed by atoms with Crippen molar-refractivity contribution in [2.45, 2.75) is 58.0 Å². The normalized spacial score (nSPS) is 16.9. The van der Waals surface area contributed by atoms with Crippen LogP contribution in [-0.4, -0.2) is 48.0 Å². The fourth-order valence-corrected chi connectivity index (χ4v) is 3.66. The maximum Gasteiger partial charge on any atom is 0.255 e. The molecule has 0 radical (unpaired) electrons. The number of hydrogen-bond acceptors (Lipinski definition) is 5. The first kappa shape index (κ1) is 23.8. The Morgan fingerprint density at radius 2 is 2.03 bits per heavy atom. The number of aryl methyl sites for hydroxylation is 1. The molecule has 1 aliphatic heterocycles. The molecule has 174 valence electrons. The van der Waals surface area contributed by atoms with E-state index < -0.39 is 24.8 Å². The van der Waals surface area contributed by atoms with Gasteiger partial charge in [-0.2, -0.15) is 0 Å². The Kier molecular flexibility index (Phi) is 8.30. The maximum absolute atomic E-state index is 14.8. The van der Waals surface area contributed by atoms with Crippen molar-refractivity contribution < 1.29 is 22.7 Å². The van der Waals surface area contributed by atoms with Gasteiger partial charge < -0.3 is 15.0 Å². The summed E-state index contributed by atoms with van der Waals surface area (Å²) in [6.07, 6.45) is 1.87. The number of halogens is 3. The van der Waals surface area contributed by atoms with Crippen molar-refractivity contribution in [3.8, 4) is 5.75 Å². The number of carbonyl (C=O) groups is 1. The van der Waals surface area contributed by atoms with Crippen LogP contribution in [0.15, 0.2) is 30.6 Å². The van der Waals surface area contributed by atoms with Crippen LogP contribution in [0.5, 0.6) is 5.75 Å². The minimum absolute atomic E-state index is 0.124. The van der Waals surface area contributed by atoms with Crippen LogP contribution in [0.1, 0.15) is 50.3 Å². The second-order valence-electron chi connectivity index (χ2n) is 7.96. The van der Waals surface area contributed by atoms with Crippen molar-refractivity contribution in [3.05, 3.63) is 47.7 Å². The molecular formula is C23H29F3N4O2. The van der Waals surface area contributed by atoms with Crippen molar-refractivity contribution in [2.24, 2.45) is 0 Å². The molecule has 1 aromatic carbocycles. The summed E-state index contributed by atoms with van der Waals surface area (Å²) in [5.74, 6) is -0.406. The molecule has 2 heterocycles. The van der Waals surface area contributed by atoms with Crippen LogP contribution in [-0.2, 0) is 11.2 Å². The van der Waals surface area contributed by atoms with Crippen molar-refractivity contribution in [1.29, 1.82) is 0 Å². The van der Waals surface area contributed by atoms with Gasteiger partial charge in [0.15, 0.2) is 11.6 Å². The number of rotatable bonds is 10. The number of hydrogen-bond donors (Lipinski definition) is 1. The lowest BCUT2D eigenvalue weighted by Crippen LogP contribution is -2.31. The van der Waals surface area contributed by atoms with Gasteiger partial charge in [0.25, 0.3) is 6.43 Å². The quantitative estimate of drug-likeness (QED) is 0.590. The number of nitrogens with zero attached hydrogens (tertiary/aromatic N) is 3. The van der Waals surface area contributed by atoms with Gasteiger partial charge in [-0.3, -0.25) is 4.79 Å². The molecule has 6 nitrogen and oxygen atoms in total. The zero-order valence-corrected chi connectivity index (χ0v) is 18.4. The first-order chi connectivity index (χ1) is 15.4. The van der Waals surface area contributed by atoms with Crippen molar-refractivity contribution in [1.82, 2.24) is 15.3 Å². The van der Waals surface area contributed by atoms with Gasteiger partial charge in [-0.1, -0.05) is 25.5 Å². The molecule has 9 heteroatoms. The lowest BCUT2D eigenvalue weighted by atomic mass is 10.0. The molecule has 1 amide bonds. The van der Waals surface area contributed by atoms with Crippen molar-refractivity contribution in [2.75, 3.05) is 24.5 Å². The highest BCUT2D eigenvalue weighted by Gasteiger charge is 2.28. The molecule has 1 aromatic heterocycles. The third-order valence-corrected chi connectivity index (χ3v) is 5.56. The van der Waals surface area contributed by atoms with E-state index in [9.17, 15) is 18.0 Å². The average molecular weight is 451 g/mol. The van der Waals surface area contributed by atoms with E-state index in [2.05, 4.69) is 22.2 Å². The third kappa shape index (κ3) is 6.11. The van der Waals surface area contributed by atoms with Gasteiger partial charge in [-0.15, -0.1) is 0 Å². The monoisotopic (exact) mass is 450 g/mol. The second-order valence-corrected chi connectivity index (χ2v) is 7.96. The molecule has 0 spiro atoms. The molecule has 0 bridgehead atoms. The first-order valence-corrected chi connectivity index (χ1v) is 11.0. The number of aromatic nitrogens is 2. The van der Waals surface area contributed by atoms with Crippen LogP contribution in [0, 0.1) is 5.82 Å². The van der Waals surface area contributed by atoms with Crippen molar-refractivity contribution >= 4 is 11.7 Å². The Labute approximate surface area is 186 Å². The molecule has 1 aliphatic rings. The number of nitrogens with one attached hydrogen (secondary N) is 1. The highest BCUT2D eigenvalue weighted by molar-refractivity contribution is 5.83. The maximum atomic E-state index is 14.8. The second kappa shape index (κ2) is 11.2. The Hall–Kier alpha value is -2.84. The SMILES string of the molecule is CCCCc1ncnc(N2CC[C@@H](Oc3ccc(C(C)C(=O)NCC(F)F)cc3)C2)c1F. The summed E-state index contributed by atoms with van der Waals surface area (Å²) in [7, 11) is 0. The summed E-state index contributed by atoms with van der Waals surface area (Å²) >= 11 is 0. The van der Waals surface area contributed by atoms with Crippen LogP contribution >= 0.6 is 0 Å². The fraction of sp³-hybridized carbons (Fsp3) is 0.522. The topological polar surface area (TPSA) is 67.3 Å². The Balaban J connectivity index is 1.56. The summed E-state index contributed by atoms with van der Waals surface area (Å²) in [5, 5.41) is 2.23. The number of carbonyl (C=O) groups excluding carboxylic acids is 1. The van der Waals surface area contributed by atoms with Gasteiger partial charge in [-0.05, 0) is 37.5 Å². The van der Waals surface area contributed by atoms with Crippen LogP contribution in [0.25, 0.3) is 0 Å². The van der Waals surface area contributed by atoms with Gasteiger partial charge in [-0.25, -0.2) is 23.1 Å². The number of alkyl halides is 2. The van der Waals surface area contributed by atoms with E-state index in [-0.39, 0.29) is 11.9 Å². The van der Waals surface area contributed by atoms with Gasteiger partial charge in [0.2, 0.25) is 5.91 Å². The lowest BCUT2D eigenvalue weighted by molar-refractivity contribution is -0.122. The Morgan fingerprint density at radius 3 is 2.72 bits per heavy atom. The summed E-state index contributed by atoms with van der Waals surface area (Å²) in [4.78, 5) is 22.1. The van der Waals surface area contributed by atoms with E-state index in [0.29, 0.717) is 42.3 Å². The molecule has 0 aliphatic carbocycles. The highest BCUT2D eigenvalue weighted by Crippen LogP contribution is 2.26. The van der Waals surface area contributed by atoms with E-state index in [4.69, 9.17) is 4.74 Å². The highest BCUT2D eigenvalue weighted by atomic mass is 19.3. The minimum atomic E-state index is -2.58. The van der Waals surface area contributed by atoms with E-state index in [1.54, 1.807) is 31.2 Å². The van der Waals surface area contributed by atoms with Gasteiger partial charge in [0.05, 0.1) is 24.7 Å². The number of benzene rings is 1.